The fraction of sp³-hybridized carbons (Fsp3) is 0.333. The van der Waals surface area contributed by atoms with E-state index in [1.165, 1.54) is 5.56 Å². The minimum absolute atomic E-state index is 0.100. The Bertz CT molecular complexity index is 615. The Balaban J connectivity index is 2.05. The van der Waals surface area contributed by atoms with Crippen LogP contribution in [0.2, 0.25) is 0 Å². The van der Waals surface area contributed by atoms with Crippen molar-refractivity contribution in [2.45, 2.75) is 34.2 Å². The lowest BCUT2D eigenvalue weighted by Crippen LogP contribution is -2.23. The largest absolute Gasteiger partial charge is 0.444 e. The van der Waals surface area contributed by atoms with Crippen molar-refractivity contribution >= 4 is 5.91 Å². The number of nitrogens with zero attached hydrogens (tertiary/aromatic N) is 1. The Morgan fingerprint density at radius 2 is 1.95 bits per heavy atom. The number of hydrogen-bond acceptors (Lipinski definition) is 3. The van der Waals surface area contributed by atoms with Gasteiger partial charge in [-0.15, -0.1) is 0 Å². The van der Waals surface area contributed by atoms with Gasteiger partial charge in [0.2, 0.25) is 0 Å². The average molecular weight is 258 g/mol. The molecule has 0 aliphatic rings. The van der Waals surface area contributed by atoms with Crippen LogP contribution in [0.3, 0.4) is 0 Å². The third-order valence-electron chi connectivity index (χ3n) is 3.18. The summed E-state index contributed by atoms with van der Waals surface area (Å²) in [5.74, 6) is 1.22. The summed E-state index contributed by atoms with van der Waals surface area (Å²) in [4.78, 5) is 16.2. The van der Waals surface area contributed by atoms with Crippen LogP contribution in [0.25, 0.3) is 0 Å². The molecule has 1 aromatic carbocycles. The quantitative estimate of drug-likeness (QED) is 0.921. The van der Waals surface area contributed by atoms with E-state index in [0.29, 0.717) is 23.8 Å². The molecule has 2 aromatic rings. The summed E-state index contributed by atoms with van der Waals surface area (Å²) in [7, 11) is 0. The van der Waals surface area contributed by atoms with Gasteiger partial charge in [0.25, 0.3) is 5.91 Å². The van der Waals surface area contributed by atoms with Crippen molar-refractivity contribution < 1.29 is 9.21 Å². The molecule has 0 fully saturated rings. The van der Waals surface area contributed by atoms with Crippen LogP contribution in [0, 0.1) is 27.7 Å². The summed E-state index contributed by atoms with van der Waals surface area (Å²) in [6.07, 6.45) is 0. The van der Waals surface area contributed by atoms with Gasteiger partial charge >= 0.3 is 0 Å². The van der Waals surface area contributed by atoms with E-state index in [1.54, 1.807) is 6.92 Å². The number of rotatable bonds is 3. The first-order chi connectivity index (χ1) is 8.97. The minimum atomic E-state index is -0.100. The summed E-state index contributed by atoms with van der Waals surface area (Å²) in [6, 6.07) is 5.67. The number of aromatic nitrogens is 1. The zero-order valence-electron chi connectivity index (χ0n) is 11.7. The summed E-state index contributed by atoms with van der Waals surface area (Å²) >= 11 is 0. The van der Waals surface area contributed by atoms with Crippen molar-refractivity contribution in [1.29, 1.82) is 0 Å². The fourth-order valence-corrected chi connectivity index (χ4v) is 1.88. The van der Waals surface area contributed by atoms with E-state index in [9.17, 15) is 4.79 Å². The molecule has 0 atom stereocenters. The van der Waals surface area contributed by atoms with Gasteiger partial charge in [-0.25, -0.2) is 4.98 Å². The number of nitrogens with one attached hydrogen (secondary N) is 1. The standard InChI is InChI=1S/C15H18N2O2/c1-9-5-6-13(7-10(9)2)15(18)16-8-14-11(3)17-12(4)19-14/h5-7H,8H2,1-4H3,(H,16,18). The first-order valence-corrected chi connectivity index (χ1v) is 6.25. The molecule has 100 valence electrons. The van der Waals surface area contributed by atoms with Crippen molar-refractivity contribution in [2.75, 3.05) is 0 Å². The number of carbonyl (C=O) groups is 1. The van der Waals surface area contributed by atoms with Crippen molar-refractivity contribution in [3.8, 4) is 0 Å². The second-order valence-corrected chi connectivity index (χ2v) is 4.72. The lowest BCUT2D eigenvalue weighted by molar-refractivity contribution is 0.0947. The minimum Gasteiger partial charge on any atom is -0.444 e. The molecule has 0 spiro atoms. The highest BCUT2D eigenvalue weighted by molar-refractivity contribution is 5.94. The highest BCUT2D eigenvalue weighted by Crippen LogP contribution is 2.11. The zero-order chi connectivity index (χ0) is 14.0. The average Bonchev–Trinajstić information content (AvgIpc) is 2.68. The number of carbonyl (C=O) groups excluding carboxylic acids is 1. The zero-order valence-corrected chi connectivity index (χ0v) is 11.7. The number of oxazole rings is 1. The van der Waals surface area contributed by atoms with Gasteiger partial charge in [0.15, 0.2) is 5.89 Å². The second kappa shape index (κ2) is 5.26. The Morgan fingerprint density at radius 1 is 1.21 bits per heavy atom. The van der Waals surface area contributed by atoms with E-state index in [1.807, 2.05) is 39.0 Å². The number of hydrogen-bond donors (Lipinski definition) is 1. The van der Waals surface area contributed by atoms with Crippen LogP contribution in [-0.2, 0) is 6.54 Å². The van der Waals surface area contributed by atoms with Gasteiger partial charge in [-0.1, -0.05) is 6.07 Å². The van der Waals surface area contributed by atoms with Gasteiger partial charge in [-0.3, -0.25) is 4.79 Å². The maximum Gasteiger partial charge on any atom is 0.251 e. The molecule has 0 radical (unpaired) electrons. The van der Waals surface area contributed by atoms with Crippen molar-refractivity contribution in [1.82, 2.24) is 10.3 Å². The van der Waals surface area contributed by atoms with Crippen LogP contribution < -0.4 is 5.32 Å². The van der Waals surface area contributed by atoms with E-state index < -0.39 is 0 Å². The van der Waals surface area contributed by atoms with Crippen LogP contribution >= 0.6 is 0 Å². The van der Waals surface area contributed by atoms with Gasteiger partial charge < -0.3 is 9.73 Å². The Labute approximate surface area is 112 Å². The monoisotopic (exact) mass is 258 g/mol. The lowest BCUT2D eigenvalue weighted by atomic mass is 10.1. The molecule has 19 heavy (non-hydrogen) atoms. The van der Waals surface area contributed by atoms with Crippen LogP contribution in [-0.4, -0.2) is 10.9 Å². The van der Waals surface area contributed by atoms with E-state index in [-0.39, 0.29) is 5.91 Å². The molecule has 1 aromatic heterocycles. The highest BCUT2D eigenvalue weighted by atomic mass is 16.4. The Kier molecular flexibility index (Phi) is 3.69. The van der Waals surface area contributed by atoms with Crippen molar-refractivity contribution in [2.24, 2.45) is 0 Å². The summed E-state index contributed by atoms with van der Waals surface area (Å²) in [6.45, 7) is 8.04. The van der Waals surface area contributed by atoms with E-state index >= 15 is 0 Å². The second-order valence-electron chi connectivity index (χ2n) is 4.72. The third kappa shape index (κ3) is 3.02. The molecule has 0 aliphatic carbocycles. The summed E-state index contributed by atoms with van der Waals surface area (Å²) < 4.78 is 5.42. The number of benzene rings is 1. The molecule has 0 saturated carbocycles. The van der Waals surface area contributed by atoms with Crippen LogP contribution in [0.1, 0.15) is 38.8 Å². The van der Waals surface area contributed by atoms with Gasteiger partial charge in [-0.05, 0) is 44.0 Å². The Hall–Kier alpha value is -2.10. The van der Waals surface area contributed by atoms with Crippen LogP contribution in [0.5, 0.6) is 0 Å². The predicted octanol–water partition coefficient (Wildman–Crippen LogP) is 2.84. The topological polar surface area (TPSA) is 55.1 Å². The summed E-state index contributed by atoms with van der Waals surface area (Å²) in [5, 5.41) is 2.84. The molecule has 4 heteroatoms. The van der Waals surface area contributed by atoms with E-state index in [0.717, 1.165) is 11.3 Å². The molecule has 1 amide bonds. The van der Waals surface area contributed by atoms with Gasteiger partial charge in [0.1, 0.15) is 5.76 Å². The SMILES string of the molecule is Cc1nc(C)c(CNC(=O)c2ccc(C)c(C)c2)o1. The predicted molar refractivity (Wildman–Crippen MR) is 73.1 cm³/mol. The maximum absolute atomic E-state index is 12.0. The first kappa shape index (κ1) is 13.3. The smallest absolute Gasteiger partial charge is 0.251 e. The molecule has 0 bridgehead atoms. The molecule has 1 N–H and O–H groups in total. The molecule has 0 saturated heterocycles. The van der Waals surface area contributed by atoms with Crippen LogP contribution in [0.4, 0.5) is 0 Å². The molecule has 1 heterocycles. The van der Waals surface area contributed by atoms with Gasteiger partial charge in [0.05, 0.1) is 12.2 Å². The van der Waals surface area contributed by atoms with E-state index in [2.05, 4.69) is 10.3 Å². The van der Waals surface area contributed by atoms with Crippen molar-refractivity contribution in [3.63, 3.8) is 0 Å². The van der Waals surface area contributed by atoms with Crippen molar-refractivity contribution in [3.05, 3.63) is 52.2 Å². The third-order valence-corrected chi connectivity index (χ3v) is 3.18. The van der Waals surface area contributed by atoms with Gasteiger partial charge in [0, 0.05) is 12.5 Å². The Morgan fingerprint density at radius 3 is 2.53 bits per heavy atom. The van der Waals surface area contributed by atoms with E-state index in [4.69, 9.17) is 4.42 Å². The molecule has 0 aliphatic heterocycles. The molecule has 0 unspecified atom stereocenters. The first-order valence-electron chi connectivity index (χ1n) is 6.25. The molecular weight excluding hydrogens is 240 g/mol. The molecular formula is C15H18N2O2. The molecule has 4 nitrogen and oxygen atoms in total. The maximum atomic E-state index is 12.0. The number of amides is 1. The van der Waals surface area contributed by atoms with Gasteiger partial charge in [-0.2, -0.15) is 0 Å². The molecule has 2 rings (SSSR count). The van der Waals surface area contributed by atoms with Crippen LogP contribution in [0.15, 0.2) is 22.6 Å². The highest BCUT2D eigenvalue weighted by Gasteiger charge is 2.10. The fourth-order valence-electron chi connectivity index (χ4n) is 1.88. The lowest BCUT2D eigenvalue weighted by Gasteiger charge is -2.06. The number of aryl methyl sites for hydroxylation is 4. The summed E-state index contributed by atoms with van der Waals surface area (Å²) in [5.41, 5.74) is 3.77. The normalized spacial score (nSPS) is 10.5.